The average Bonchev–Trinajstić information content (AvgIpc) is 2.85. The zero-order valence-electron chi connectivity index (χ0n) is 19.7. The number of ether oxygens (including phenoxy) is 2. The summed E-state index contributed by atoms with van der Waals surface area (Å²) in [6, 6.07) is 18.2. The van der Waals surface area contributed by atoms with Crippen molar-refractivity contribution in [3.63, 3.8) is 0 Å². The second-order valence-corrected chi connectivity index (χ2v) is 7.82. The van der Waals surface area contributed by atoms with Crippen LogP contribution in [0.15, 0.2) is 72.8 Å². The summed E-state index contributed by atoms with van der Waals surface area (Å²) in [5.41, 5.74) is 7.48. The molecular weight excluding hydrogens is 457 g/mol. The molecule has 0 aliphatic rings. The van der Waals surface area contributed by atoms with E-state index in [1.165, 1.54) is 17.0 Å². The second-order valence-electron chi connectivity index (χ2n) is 7.82. The van der Waals surface area contributed by atoms with Gasteiger partial charge in [0.1, 0.15) is 6.04 Å². The predicted molar refractivity (Wildman–Crippen MR) is 130 cm³/mol. The molecule has 5 nitrogen and oxygen atoms in total. The van der Waals surface area contributed by atoms with Crippen LogP contribution in [-0.2, 0) is 17.4 Å². The molecule has 3 aromatic rings. The summed E-state index contributed by atoms with van der Waals surface area (Å²) in [4.78, 5) is 15.0. The van der Waals surface area contributed by atoms with E-state index in [1.54, 1.807) is 42.5 Å². The molecule has 3 rings (SSSR count). The summed E-state index contributed by atoms with van der Waals surface area (Å²) >= 11 is 0. The van der Waals surface area contributed by atoms with Gasteiger partial charge in [0.05, 0.1) is 18.8 Å². The number of hydrogen-bond acceptors (Lipinski definition) is 4. The van der Waals surface area contributed by atoms with Crippen LogP contribution in [0.4, 0.5) is 18.9 Å². The van der Waals surface area contributed by atoms with Crippen molar-refractivity contribution in [3.05, 3.63) is 89.5 Å². The van der Waals surface area contributed by atoms with Gasteiger partial charge < -0.3 is 20.1 Å². The smallest absolute Gasteiger partial charge is 0.416 e. The minimum absolute atomic E-state index is 0.213. The number of rotatable bonds is 10. The third kappa shape index (κ3) is 6.76. The summed E-state index contributed by atoms with van der Waals surface area (Å²) < 4.78 is 50.1. The standard InChI is InChI=1S/C27H29F3N2O3/c1-3-34-23-15-14-22(18-24(23)35-4-2)32(26(33)25(31)20-8-6-5-7-9-20)17-16-19-10-12-21(13-11-19)27(28,29)30/h5-15,18,25H,3-4,16-17,31H2,1-2H3/t25-/m1/s1. The second kappa shape index (κ2) is 11.8. The maximum atomic E-state index is 13.5. The Bertz CT molecular complexity index is 1100. The molecule has 0 aromatic heterocycles. The first-order valence-electron chi connectivity index (χ1n) is 11.4. The van der Waals surface area contributed by atoms with Gasteiger partial charge in [-0.2, -0.15) is 13.2 Å². The summed E-state index contributed by atoms with van der Waals surface area (Å²) in [5.74, 6) is 0.711. The third-order valence-corrected chi connectivity index (χ3v) is 5.43. The fraction of sp³-hybridized carbons (Fsp3) is 0.296. The van der Waals surface area contributed by atoms with Crippen LogP contribution in [0.1, 0.15) is 36.6 Å². The topological polar surface area (TPSA) is 64.8 Å². The van der Waals surface area contributed by atoms with Crippen molar-refractivity contribution >= 4 is 11.6 Å². The van der Waals surface area contributed by atoms with Gasteiger partial charge >= 0.3 is 6.18 Å². The van der Waals surface area contributed by atoms with E-state index in [2.05, 4.69) is 0 Å². The number of anilines is 1. The number of nitrogens with zero attached hydrogens (tertiary/aromatic N) is 1. The number of halogens is 3. The van der Waals surface area contributed by atoms with Crippen molar-refractivity contribution in [2.45, 2.75) is 32.5 Å². The Morgan fingerprint density at radius 2 is 1.54 bits per heavy atom. The van der Waals surface area contributed by atoms with Crippen molar-refractivity contribution in [1.29, 1.82) is 0 Å². The van der Waals surface area contributed by atoms with E-state index in [0.717, 1.165) is 12.1 Å². The maximum absolute atomic E-state index is 13.5. The molecule has 0 bridgehead atoms. The average molecular weight is 487 g/mol. The molecule has 0 radical (unpaired) electrons. The maximum Gasteiger partial charge on any atom is 0.416 e. The van der Waals surface area contributed by atoms with E-state index in [0.29, 0.717) is 47.9 Å². The molecule has 0 heterocycles. The van der Waals surface area contributed by atoms with Crippen LogP contribution in [0.3, 0.4) is 0 Å². The van der Waals surface area contributed by atoms with Gasteiger partial charge in [-0.15, -0.1) is 0 Å². The van der Waals surface area contributed by atoms with Crippen molar-refractivity contribution in [3.8, 4) is 11.5 Å². The van der Waals surface area contributed by atoms with E-state index < -0.39 is 17.8 Å². The zero-order valence-corrected chi connectivity index (χ0v) is 19.7. The van der Waals surface area contributed by atoms with E-state index in [9.17, 15) is 18.0 Å². The molecule has 1 atom stereocenters. The van der Waals surface area contributed by atoms with E-state index >= 15 is 0 Å². The number of amides is 1. The lowest BCUT2D eigenvalue weighted by molar-refractivity contribution is -0.137. The number of hydrogen-bond donors (Lipinski definition) is 1. The Labute approximate surface area is 203 Å². The van der Waals surface area contributed by atoms with Crippen LogP contribution in [0.25, 0.3) is 0 Å². The molecule has 0 saturated carbocycles. The first kappa shape index (κ1) is 26.1. The Morgan fingerprint density at radius 1 is 0.914 bits per heavy atom. The molecule has 0 spiro atoms. The van der Waals surface area contributed by atoms with Crippen LogP contribution in [0.5, 0.6) is 11.5 Å². The first-order chi connectivity index (χ1) is 16.7. The Hall–Kier alpha value is -3.52. The van der Waals surface area contributed by atoms with Crippen LogP contribution in [0, 0.1) is 0 Å². The van der Waals surface area contributed by atoms with Crippen LogP contribution in [0.2, 0.25) is 0 Å². The Balaban J connectivity index is 1.91. The van der Waals surface area contributed by atoms with Gasteiger partial charge in [0.25, 0.3) is 0 Å². The normalized spacial score (nSPS) is 12.2. The largest absolute Gasteiger partial charge is 0.490 e. The van der Waals surface area contributed by atoms with Gasteiger partial charge in [-0.25, -0.2) is 0 Å². The molecule has 8 heteroatoms. The lowest BCUT2D eigenvalue weighted by Crippen LogP contribution is -2.40. The van der Waals surface area contributed by atoms with Gasteiger partial charge in [0.2, 0.25) is 5.91 Å². The van der Waals surface area contributed by atoms with E-state index in [4.69, 9.17) is 15.2 Å². The van der Waals surface area contributed by atoms with Crippen LogP contribution >= 0.6 is 0 Å². The Morgan fingerprint density at radius 3 is 2.14 bits per heavy atom. The Kier molecular flexibility index (Phi) is 8.76. The van der Waals surface area contributed by atoms with Gasteiger partial charge in [-0.05, 0) is 55.7 Å². The van der Waals surface area contributed by atoms with E-state index in [-0.39, 0.29) is 12.5 Å². The van der Waals surface area contributed by atoms with Gasteiger partial charge in [0.15, 0.2) is 11.5 Å². The summed E-state index contributed by atoms with van der Waals surface area (Å²) in [5, 5.41) is 0. The summed E-state index contributed by atoms with van der Waals surface area (Å²) in [6.45, 7) is 4.79. The molecule has 0 saturated heterocycles. The molecule has 0 aliphatic carbocycles. The number of carbonyl (C=O) groups is 1. The molecule has 186 valence electrons. The van der Waals surface area contributed by atoms with Crippen molar-refractivity contribution in [2.75, 3.05) is 24.7 Å². The monoisotopic (exact) mass is 486 g/mol. The molecule has 0 fully saturated rings. The fourth-order valence-electron chi connectivity index (χ4n) is 3.65. The highest BCUT2D eigenvalue weighted by atomic mass is 19.4. The molecule has 3 aromatic carbocycles. The number of carbonyl (C=O) groups excluding carboxylic acids is 1. The fourth-order valence-corrected chi connectivity index (χ4v) is 3.65. The minimum atomic E-state index is -4.40. The quantitative estimate of drug-likeness (QED) is 0.395. The van der Waals surface area contributed by atoms with Crippen molar-refractivity contribution < 1.29 is 27.4 Å². The molecular formula is C27H29F3N2O3. The molecule has 35 heavy (non-hydrogen) atoms. The lowest BCUT2D eigenvalue weighted by atomic mass is 10.0. The molecule has 2 N–H and O–H groups in total. The zero-order chi connectivity index (χ0) is 25.4. The minimum Gasteiger partial charge on any atom is -0.490 e. The first-order valence-corrected chi connectivity index (χ1v) is 11.4. The molecule has 0 aliphatic heterocycles. The number of nitrogens with two attached hydrogens (primary N) is 1. The van der Waals surface area contributed by atoms with Crippen molar-refractivity contribution in [1.82, 2.24) is 0 Å². The highest BCUT2D eigenvalue weighted by molar-refractivity contribution is 5.98. The molecule has 0 unspecified atom stereocenters. The highest BCUT2D eigenvalue weighted by Crippen LogP contribution is 2.33. The van der Waals surface area contributed by atoms with Crippen LogP contribution in [-0.4, -0.2) is 25.7 Å². The molecule has 1 amide bonds. The predicted octanol–water partition coefficient (Wildman–Crippen LogP) is 5.78. The number of alkyl halides is 3. The third-order valence-electron chi connectivity index (χ3n) is 5.43. The van der Waals surface area contributed by atoms with Crippen LogP contribution < -0.4 is 20.1 Å². The SMILES string of the molecule is CCOc1ccc(N(CCc2ccc(C(F)(F)F)cc2)C(=O)[C@H](N)c2ccccc2)cc1OCC. The van der Waals surface area contributed by atoms with Crippen molar-refractivity contribution in [2.24, 2.45) is 5.73 Å². The number of benzene rings is 3. The highest BCUT2D eigenvalue weighted by Gasteiger charge is 2.30. The summed E-state index contributed by atoms with van der Waals surface area (Å²) in [7, 11) is 0. The van der Waals surface area contributed by atoms with Gasteiger partial charge in [-0.3, -0.25) is 4.79 Å². The lowest BCUT2D eigenvalue weighted by Gasteiger charge is -2.27. The van der Waals surface area contributed by atoms with Gasteiger partial charge in [0, 0.05) is 18.3 Å². The summed E-state index contributed by atoms with van der Waals surface area (Å²) in [6.07, 6.45) is -4.07. The van der Waals surface area contributed by atoms with Gasteiger partial charge in [-0.1, -0.05) is 42.5 Å². The van der Waals surface area contributed by atoms with E-state index in [1.807, 2.05) is 19.9 Å².